The minimum atomic E-state index is -0.567. The molecule has 1 saturated heterocycles. The third-order valence-corrected chi connectivity index (χ3v) is 4.31. The molecule has 0 bridgehead atoms. The first-order chi connectivity index (χ1) is 10.2. The number of nitrogens with two attached hydrogens (primary N) is 1. The van der Waals surface area contributed by atoms with Gasteiger partial charge in [-0.15, -0.1) is 0 Å². The first-order valence-electron chi connectivity index (χ1n) is 7.28. The Balaban J connectivity index is 2.23. The Morgan fingerprint density at radius 3 is 2.09 bits per heavy atom. The van der Waals surface area contributed by atoms with Crippen molar-refractivity contribution in [2.45, 2.75) is 38.9 Å². The number of amidine groups is 1. The van der Waals surface area contributed by atoms with Crippen LogP contribution in [0.15, 0.2) is 29.7 Å². The highest BCUT2D eigenvalue weighted by molar-refractivity contribution is 6.55. The second-order valence-corrected chi connectivity index (χ2v) is 6.50. The zero-order valence-corrected chi connectivity index (χ0v) is 13.5. The van der Waals surface area contributed by atoms with Crippen molar-refractivity contribution in [1.82, 2.24) is 0 Å². The molecule has 5 nitrogen and oxygen atoms in total. The molecule has 0 atom stereocenters. The average Bonchev–Trinajstić information content (AvgIpc) is 2.65. The summed E-state index contributed by atoms with van der Waals surface area (Å²) in [5, 5.41) is 17.0. The minimum absolute atomic E-state index is 0.0314. The van der Waals surface area contributed by atoms with Gasteiger partial charge in [-0.2, -0.15) is 0 Å². The summed E-state index contributed by atoms with van der Waals surface area (Å²) in [6.45, 7) is 7.76. The highest BCUT2D eigenvalue weighted by atomic mass is 16.7. The molecule has 1 fully saturated rings. The molecule has 1 aromatic carbocycles. The molecule has 0 aromatic heterocycles. The first kappa shape index (κ1) is 16.7. The summed E-state index contributed by atoms with van der Waals surface area (Å²) in [6.07, 6.45) is 1.84. The van der Waals surface area contributed by atoms with Gasteiger partial charge in [0.05, 0.1) is 17.8 Å². The molecule has 1 aromatic rings. The second kappa shape index (κ2) is 5.87. The van der Waals surface area contributed by atoms with E-state index in [9.17, 15) is 5.11 Å². The van der Waals surface area contributed by atoms with E-state index < -0.39 is 18.3 Å². The molecule has 1 heterocycles. The first-order valence-corrected chi connectivity index (χ1v) is 7.28. The highest BCUT2D eigenvalue weighted by Gasteiger charge is 2.52. The zero-order chi connectivity index (χ0) is 16.5. The molecule has 1 aliphatic rings. The van der Waals surface area contributed by atoms with E-state index in [1.54, 1.807) is 12.1 Å². The summed E-state index contributed by atoms with van der Waals surface area (Å²) < 4.78 is 11.9. The van der Waals surface area contributed by atoms with Gasteiger partial charge in [-0.3, -0.25) is 5.41 Å². The second-order valence-electron chi connectivity index (χ2n) is 6.50. The molecule has 118 valence electrons. The van der Waals surface area contributed by atoms with Crippen LogP contribution in [0.3, 0.4) is 0 Å². The normalized spacial score (nSPS) is 20.2. The van der Waals surface area contributed by atoms with Crippen molar-refractivity contribution in [2.24, 2.45) is 5.73 Å². The van der Waals surface area contributed by atoms with Gasteiger partial charge in [0.2, 0.25) is 0 Å². The molecule has 0 radical (unpaired) electrons. The Morgan fingerprint density at radius 1 is 1.18 bits per heavy atom. The van der Waals surface area contributed by atoms with Gasteiger partial charge in [-0.25, -0.2) is 0 Å². The lowest BCUT2D eigenvalue weighted by atomic mass is 9.77. The summed E-state index contributed by atoms with van der Waals surface area (Å²) >= 11 is 0. The summed E-state index contributed by atoms with van der Waals surface area (Å²) in [5.74, 6) is 0.0314. The molecule has 1 aliphatic heterocycles. The third kappa shape index (κ3) is 3.24. The van der Waals surface area contributed by atoms with E-state index in [1.165, 1.54) is 0 Å². The quantitative estimate of drug-likeness (QED) is 0.451. The predicted molar refractivity (Wildman–Crippen MR) is 88.6 cm³/mol. The summed E-state index contributed by atoms with van der Waals surface area (Å²) in [7, 11) is -0.567. The Bertz CT molecular complexity index is 578. The maximum absolute atomic E-state index is 9.65. The van der Waals surface area contributed by atoms with Gasteiger partial charge in [0.25, 0.3) is 0 Å². The maximum atomic E-state index is 9.65. The molecule has 22 heavy (non-hydrogen) atoms. The molecular weight excluding hydrogens is 279 g/mol. The molecule has 4 N–H and O–H groups in total. The Morgan fingerprint density at radius 2 is 1.68 bits per heavy atom. The maximum Gasteiger partial charge on any atom is 0.492 e. The fourth-order valence-corrected chi connectivity index (χ4v) is 2.16. The van der Waals surface area contributed by atoms with Crippen LogP contribution >= 0.6 is 0 Å². The van der Waals surface area contributed by atoms with Crippen molar-refractivity contribution >= 4 is 19.0 Å². The molecule has 6 heteroatoms. The van der Waals surface area contributed by atoms with Gasteiger partial charge in [-0.1, -0.05) is 30.3 Å². The third-order valence-electron chi connectivity index (χ3n) is 4.31. The SMILES string of the molecule is CC1(C)OB(C(=Cc2ccc(C(=N)N)cc2)CO)OC1(C)C. The summed E-state index contributed by atoms with van der Waals surface area (Å²) in [4.78, 5) is 0. The van der Waals surface area contributed by atoms with Crippen molar-refractivity contribution in [2.75, 3.05) is 6.61 Å². The zero-order valence-electron chi connectivity index (χ0n) is 13.5. The van der Waals surface area contributed by atoms with E-state index in [-0.39, 0.29) is 12.4 Å². The standard InChI is InChI=1S/C16H23BN2O3/c1-15(2)16(3,4)22-17(21-15)13(10-20)9-11-5-7-12(8-6-11)14(18)19/h5-9,20H,10H2,1-4H3,(H3,18,19). The lowest BCUT2D eigenvalue weighted by Gasteiger charge is -2.32. The van der Waals surface area contributed by atoms with Crippen LogP contribution in [0.1, 0.15) is 38.8 Å². The van der Waals surface area contributed by atoms with Gasteiger partial charge in [0.1, 0.15) is 5.84 Å². The van der Waals surface area contributed by atoms with E-state index >= 15 is 0 Å². The molecule has 0 aliphatic carbocycles. The number of hydrogen-bond acceptors (Lipinski definition) is 4. The van der Waals surface area contributed by atoms with Crippen molar-refractivity contribution in [3.8, 4) is 0 Å². The van der Waals surface area contributed by atoms with E-state index in [4.69, 9.17) is 20.5 Å². The van der Waals surface area contributed by atoms with Crippen LogP contribution < -0.4 is 5.73 Å². The largest absolute Gasteiger partial charge is 0.492 e. The van der Waals surface area contributed by atoms with E-state index in [0.29, 0.717) is 11.0 Å². The molecule has 0 spiro atoms. The van der Waals surface area contributed by atoms with Crippen LogP contribution in [-0.4, -0.2) is 35.9 Å². The fraction of sp³-hybridized carbons (Fsp3) is 0.438. The lowest BCUT2D eigenvalue weighted by molar-refractivity contribution is 0.00578. The van der Waals surface area contributed by atoms with Crippen molar-refractivity contribution in [1.29, 1.82) is 5.41 Å². The van der Waals surface area contributed by atoms with Crippen LogP contribution in [0.5, 0.6) is 0 Å². The highest BCUT2D eigenvalue weighted by Crippen LogP contribution is 2.38. The van der Waals surface area contributed by atoms with Gasteiger partial charge in [-0.05, 0) is 38.7 Å². The number of aliphatic hydroxyl groups is 1. The smallest absolute Gasteiger partial charge is 0.400 e. The van der Waals surface area contributed by atoms with Crippen molar-refractivity contribution < 1.29 is 14.4 Å². The van der Waals surface area contributed by atoms with Crippen LogP contribution in [0, 0.1) is 5.41 Å². The van der Waals surface area contributed by atoms with E-state index in [1.807, 2.05) is 45.9 Å². The molecule has 2 rings (SSSR count). The van der Waals surface area contributed by atoms with E-state index in [0.717, 1.165) is 5.56 Å². The Hall–Kier alpha value is -1.63. The topological polar surface area (TPSA) is 88.6 Å². The predicted octanol–water partition coefficient (Wildman–Crippen LogP) is 1.98. The van der Waals surface area contributed by atoms with Gasteiger partial charge < -0.3 is 20.1 Å². The van der Waals surface area contributed by atoms with Crippen molar-refractivity contribution in [3.63, 3.8) is 0 Å². The van der Waals surface area contributed by atoms with Gasteiger partial charge >= 0.3 is 7.12 Å². The summed E-state index contributed by atoms with van der Waals surface area (Å²) in [6, 6.07) is 7.23. The molecule has 0 amide bonds. The van der Waals surface area contributed by atoms with Gasteiger partial charge in [0.15, 0.2) is 0 Å². The molecular formula is C16H23BN2O3. The molecule has 0 saturated carbocycles. The number of benzene rings is 1. The monoisotopic (exact) mass is 302 g/mol. The van der Waals surface area contributed by atoms with Crippen LogP contribution in [0.2, 0.25) is 0 Å². The Labute approximate surface area is 131 Å². The average molecular weight is 302 g/mol. The fourth-order valence-electron chi connectivity index (χ4n) is 2.16. The number of nitrogen functional groups attached to an aromatic ring is 1. The van der Waals surface area contributed by atoms with E-state index in [2.05, 4.69) is 0 Å². The number of rotatable bonds is 4. The number of hydrogen-bond donors (Lipinski definition) is 3. The van der Waals surface area contributed by atoms with Gasteiger partial charge in [0, 0.05) is 5.56 Å². The minimum Gasteiger partial charge on any atom is -0.400 e. The molecule has 0 unspecified atom stereocenters. The van der Waals surface area contributed by atoms with Crippen LogP contribution in [0.25, 0.3) is 6.08 Å². The van der Waals surface area contributed by atoms with Crippen LogP contribution in [0.4, 0.5) is 0 Å². The number of aliphatic hydroxyl groups excluding tert-OH is 1. The Kier molecular flexibility index (Phi) is 4.47. The van der Waals surface area contributed by atoms with Crippen LogP contribution in [-0.2, 0) is 9.31 Å². The van der Waals surface area contributed by atoms with Crippen molar-refractivity contribution in [3.05, 3.63) is 40.9 Å². The lowest BCUT2D eigenvalue weighted by Crippen LogP contribution is -2.41. The summed E-state index contributed by atoms with van der Waals surface area (Å²) in [5.41, 5.74) is 6.78. The number of nitrogens with one attached hydrogen (secondary N) is 1.